The Bertz CT molecular complexity index is 630. The molecule has 2 rings (SSSR count). The minimum atomic E-state index is -0.800. The first-order chi connectivity index (χ1) is 8.99. The lowest BCUT2D eigenvalue weighted by molar-refractivity contribution is -0.384. The third kappa shape index (κ3) is 3.02. The number of nitrogens with zero attached hydrogens (tertiary/aromatic N) is 1. The maximum Gasteiger partial charge on any atom is 0.295 e. The highest BCUT2D eigenvalue weighted by molar-refractivity contribution is 7.08. The Hall–Kier alpha value is -1.66. The summed E-state index contributed by atoms with van der Waals surface area (Å²) in [6.45, 7) is 2.39. The van der Waals surface area contributed by atoms with Gasteiger partial charge in [0.1, 0.15) is 11.5 Å². The Morgan fingerprint density at radius 1 is 1.47 bits per heavy atom. The Labute approximate surface area is 118 Å². The van der Waals surface area contributed by atoms with Crippen LogP contribution in [0, 0.1) is 22.9 Å². The van der Waals surface area contributed by atoms with Gasteiger partial charge in [-0.15, -0.1) is 0 Å². The van der Waals surface area contributed by atoms with E-state index in [0.717, 1.165) is 17.2 Å². The number of halogens is 2. The highest BCUT2D eigenvalue weighted by atomic mass is 35.5. The molecule has 1 aromatic heterocycles. The van der Waals surface area contributed by atoms with E-state index in [9.17, 15) is 14.5 Å². The van der Waals surface area contributed by atoms with E-state index < -0.39 is 10.7 Å². The van der Waals surface area contributed by atoms with Crippen LogP contribution < -0.4 is 5.32 Å². The molecule has 1 heterocycles. The zero-order valence-corrected chi connectivity index (χ0v) is 11.5. The molecule has 0 saturated heterocycles. The number of nitro groups is 1. The zero-order chi connectivity index (χ0) is 14.0. The van der Waals surface area contributed by atoms with Crippen molar-refractivity contribution in [1.29, 1.82) is 0 Å². The fourth-order valence-corrected chi connectivity index (χ4v) is 2.61. The minimum absolute atomic E-state index is 0.143. The highest BCUT2D eigenvalue weighted by Gasteiger charge is 2.17. The van der Waals surface area contributed by atoms with Crippen molar-refractivity contribution in [3.8, 4) is 0 Å². The Balaban J connectivity index is 2.26. The largest absolute Gasteiger partial charge is 0.375 e. The van der Waals surface area contributed by atoms with Gasteiger partial charge < -0.3 is 5.32 Å². The molecule has 7 heteroatoms. The van der Waals surface area contributed by atoms with Gasteiger partial charge in [0.2, 0.25) is 0 Å². The molecule has 0 spiro atoms. The van der Waals surface area contributed by atoms with E-state index in [4.69, 9.17) is 11.6 Å². The molecule has 2 aromatic rings. The van der Waals surface area contributed by atoms with Crippen molar-refractivity contribution in [1.82, 2.24) is 0 Å². The van der Waals surface area contributed by atoms with Crippen LogP contribution in [0.25, 0.3) is 0 Å². The number of rotatable bonds is 4. The van der Waals surface area contributed by atoms with Gasteiger partial charge in [0.25, 0.3) is 5.69 Å². The molecule has 100 valence electrons. The third-order valence-electron chi connectivity index (χ3n) is 2.67. The fourth-order valence-electron chi connectivity index (χ4n) is 1.59. The van der Waals surface area contributed by atoms with Gasteiger partial charge in [-0.05, 0) is 34.9 Å². The van der Waals surface area contributed by atoms with E-state index in [0.29, 0.717) is 6.54 Å². The van der Waals surface area contributed by atoms with Crippen LogP contribution in [0.4, 0.5) is 15.8 Å². The lowest BCUT2D eigenvalue weighted by Crippen LogP contribution is -2.03. The Morgan fingerprint density at radius 3 is 2.79 bits per heavy atom. The standard InChI is InChI=1S/C12H10ClFN2O2S/c1-7-5-19-6-8(7)4-15-11-2-9(13)10(14)3-12(11)16(17)18/h2-3,5-6,15H,4H2,1H3. The van der Waals surface area contributed by atoms with Gasteiger partial charge in [-0.2, -0.15) is 11.3 Å². The van der Waals surface area contributed by atoms with Gasteiger partial charge in [-0.3, -0.25) is 10.1 Å². The lowest BCUT2D eigenvalue weighted by Gasteiger charge is -2.08. The quantitative estimate of drug-likeness (QED) is 0.674. The molecule has 4 nitrogen and oxygen atoms in total. The average Bonchev–Trinajstić information content (AvgIpc) is 2.75. The molecule has 0 saturated carbocycles. The third-order valence-corrected chi connectivity index (χ3v) is 3.87. The predicted octanol–water partition coefficient (Wildman–Crippen LogP) is 4.37. The summed E-state index contributed by atoms with van der Waals surface area (Å²) < 4.78 is 13.2. The van der Waals surface area contributed by atoms with Gasteiger partial charge in [-0.1, -0.05) is 11.6 Å². The summed E-state index contributed by atoms with van der Waals surface area (Å²) in [6, 6.07) is 2.06. The number of aryl methyl sites for hydroxylation is 1. The summed E-state index contributed by atoms with van der Waals surface area (Å²) in [4.78, 5) is 10.2. The van der Waals surface area contributed by atoms with E-state index in [1.807, 2.05) is 17.7 Å². The summed E-state index contributed by atoms with van der Waals surface area (Å²) in [5, 5.41) is 17.6. The molecule has 0 bridgehead atoms. The van der Waals surface area contributed by atoms with Crippen molar-refractivity contribution in [2.45, 2.75) is 13.5 Å². The first kappa shape index (κ1) is 13.8. The molecule has 1 N–H and O–H groups in total. The van der Waals surface area contributed by atoms with Crippen LogP contribution in [-0.2, 0) is 6.54 Å². The smallest absolute Gasteiger partial charge is 0.295 e. The number of nitrogens with one attached hydrogen (secondary N) is 1. The molecule has 0 atom stereocenters. The molecule has 0 aliphatic carbocycles. The molecular weight excluding hydrogens is 291 g/mol. The van der Waals surface area contributed by atoms with E-state index in [-0.39, 0.29) is 16.4 Å². The fraction of sp³-hybridized carbons (Fsp3) is 0.167. The van der Waals surface area contributed by atoms with E-state index in [2.05, 4.69) is 5.32 Å². The summed E-state index contributed by atoms with van der Waals surface area (Å²) in [6.07, 6.45) is 0. The van der Waals surface area contributed by atoms with Gasteiger partial charge in [0.15, 0.2) is 0 Å². The molecule has 19 heavy (non-hydrogen) atoms. The second-order valence-electron chi connectivity index (χ2n) is 3.97. The second-order valence-corrected chi connectivity index (χ2v) is 5.12. The molecule has 1 aromatic carbocycles. The molecule has 0 unspecified atom stereocenters. The Kier molecular flexibility index (Phi) is 4.01. The molecule has 0 fully saturated rings. The molecule has 0 radical (unpaired) electrons. The summed E-state index contributed by atoms with van der Waals surface area (Å²) in [5.41, 5.74) is 2.03. The van der Waals surface area contributed by atoms with Crippen molar-refractivity contribution in [2.75, 3.05) is 5.32 Å². The number of hydrogen-bond donors (Lipinski definition) is 1. The van der Waals surface area contributed by atoms with E-state index in [1.54, 1.807) is 11.3 Å². The normalized spacial score (nSPS) is 10.5. The van der Waals surface area contributed by atoms with Crippen LogP contribution in [0.3, 0.4) is 0 Å². The Morgan fingerprint density at radius 2 is 2.21 bits per heavy atom. The van der Waals surface area contributed by atoms with Crippen LogP contribution in [0.15, 0.2) is 22.9 Å². The van der Waals surface area contributed by atoms with Crippen molar-refractivity contribution in [3.05, 3.63) is 55.0 Å². The molecular formula is C12H10ClFN2O2S. The number of nitro benzene ring substituents is 1. The summed E-state index contributed by atoms with van der Waals surface area (Å²) in [7, 11) is 0. The first-order valence-corrected chi connectivity index (χ1v) is 6.70. The second kappa shape index (κ2) is 5.54. The van der Waals surface area contributed by atoms with Crippen molar-refractivity contribution >= 4 is 34.3 Å². The van der Waals surface area contributed by atoms with Crippen molar-refractivity contribution in [2.24, 2.45) is 0 Å². The summed E-state index contributed by atoms with van der Waals surface area (Å²) in [5.74, 6) is -0.800. The van der Waals surface area contributed by atoms with Crippen LogP contribution in [-0.4, -0.2) is 4.92 Å². The molecule has 0 amide bonds. The SMILES string of the molecule is Cc1cscc1CNc1cc(Cl)c(F)cc1[N+](=O)[O-]. The predicted molar refractivity (Wildman–Crippen MR) is 74.4 cm³/mol. The van der Waals surface area contributed by atoms with E-state index >= 15 is 0 Å². The number of benzene rings is 1. The van der Waals surface area contributed by atoms with Gasteiger partial charge in [-0.25, -0.2) is 4.39 Å². The van der Waals surface area contributed by atoms with Crippen LogP contribution in [0.5, 0.6) is 0 Å². The van der Waals surface area contributed by atoms with Crippen LogP contribution >= 0.6 is 22.9 Å². The van der Waals surface area contributed by atoms with Gasteiger partial charge in [0.05, 0.1) is 16.0 Å². The van der Waals surface area contributed by atoms with Gasteiger partial charge in [0, 0.05) is 6.54 Å². The lowest BCUT2D eigenvalue weighted by atomic mass is 10.2. The minimum Gasteiger partial charge on any atom is -0.375 e. The van der Waals surface area contributed by atoms with Crippen molar-refractivity contribution < 1.29 is 9.31 Å². The first-order valence-electron chi connectivity index (χ1n) is 5.38. The maximum absolute atomic E-state index is 13.2. The molecule has 0 aliphatic heterocycles. The summed E-state index contributed by atoms with van der Waals surface area (Å²) >= 11 is 7.20. The van der Waals surface area contributed by atoms with Crippen LogP contribution in [0.2, 0.25) is 5.02 Å². The zero-order valence-electron chi connectivity index (χ0n) is 9.94. The number of thiophene rings is 1. The number of hydrogen-bond acceptors (Lipinski definition) is 4. The number of anilines is 1. The average molecular weight is 301 g/mol. The van der Waals surface area contributed by atoms with Crippen molar-refractivity contribution in [3.63, 3.8) is 0 Å². The topological polar surface area (TPSA) is 55.2 Å². The van der Waals surface area contributed by atoms with E-state index in [1.165, 1.54) is 6.07 Å². The molecule has 0 aliphatic rings. The monoisotopic (exact) mass is 300 g/mol. The van der Waals surface area contributed by atoms with Crippen LogP contribution in [0.1, 0.15) is 11.1 Å². The maximum atomic E-state index is 13.2. The highest BCUT2D eigenvalue weighted by Crippen LogP contribution is 2.31. The van der Waals surface area contributed by atoms with Gasteiger partial charge >= 0.3 is 0 Å².